The standard InChI is InChI=1S/C10H17NOS/c1-9-4-8-13-10(9)3-6-12-7-5-11-2/h4,8,11H,3,5-7H2,1-2H3. The first-order valence-electron chi connectivity index (χ1n) is 4.60. The summed E-state index contributed by atoms with van der Waals surface area (Å²) in [6, 6.07) is 2.16. The molecule has 0 saturated heterocycles. The quantitative estimate of drug-likeness (QED) is 0.706. The average molecular weight is 199 g/mol. The largest absolute Gasteiger partial charge is 0.380 e. The van der Waals surface area contributed by atoms with Gasteiger partial charge in [0, 0.05) is 17.8 Å². The smallest absolute Gasteiger partial charge is 0.0590 e. The summed E-state index contributed by atoms with van der Waals surface area (Å²) in [7, 11) is 1.94. The number of nitrogens with one attached hydrogen (secondary N) is 1. The molecule has 1 N–H and O–H groups in total. The van der Waals surface area contributed by atoms with Gasteiger partial charge in [0.1, 0.15) is 0 Å². The lowest BCUT2D eigenvalue weighted by molar-refractivity contribution is 0.141. The van der Waals surface area contributed by atoms with E-state index in [0.29, 0.717) is 0 Å². The minimum atomic E-state index is 0.806. The van der Waals surface area contributed by atoms with Crippen molar-refractivity contribution in [3.8, 4) is 0 Å². The summed E-state index contributed by atoms with van der Waals surface area (Å²) in [4.78, 5) is 1.45. The number of thiophene rings is 1. The van der Waals surface area contributed by atoms with Gasteiger partial charge in [-0.05, 0) is 31.0 Å². The van der Waals surface area contributed by atoms with Gasteiger partial charge in [0.05, 0.1) is 13.2 Å². The van der Waals surface area contributed by atoms with E-state index in [1.807, 2.05) is 18.4 Å². The van der Waals surface area contributed by atoms with E-state index in [2.05, 4.69) is 23.7 Å². The predicted octanol–water partition coefficient (Wildman–Crippen LogP) is 1.84. The monoisotopic (exact) mass is 199 g/mol. The van der Waals surface area contributed by atoms with Gasteiger partial charge in [-0.15, -0.1) is 11.3 Å². The van der Waals surface area contributed by atoms with Gasteiger partial charge in [-0.2, -0.15) is 0 Å². The number of aryl methyl sites for hydroxylation is 1. The van der Waals surface area contributed by atoms with Crippen LogP contribution in [0.15, 0.2) is 11.4 Å². The Kier molecular flexibility index (Phi) is 5.05. The Bertz CT molecular complexity index is 235. The van der Waals surface area contributed by atoms with Gasteiger partial charge in [0.2, 0.25) is 0 Å². The normalized spacial score (nSPS) is 10.6. The molecule has 0 aliphatic heterocycles. The van der Waals surface area contributed by atoms with E-state index < -0.39 is 0 Å². The fraction of sp³-hybridized carbons (Fsp3) is 0.600. The molecule has 0 aromatic carbocycles. The van der Waals surface area contributed by atoms with Gasteiger partial charge < -0.3 is 10.1 Å². The van der Waals surface area contributed by atoms with Crippen LogP contribution >= 0.6 is 11.3 Å². The first-order chi connectivity index (χ1) is 6.34. The number of likely N-dealkylation sites (N-methyl/N-ethyl adjacent to an activating group) is 1. The topological polar surface area (TPSA) is 21.3 Å². The van der Waals surface area contributed by atoms with Crippen LogP contribution in [0.1, 0.15) is 10.4 Å². The molecule has 0 radical (unpaired) electrons. The molecule has 0 atom stereocenters. The molecule has 1 rings (SSSR count). The molecular formula is C10H17NOS. The third-order valence-electron chi connectivity index (χ3n) is 1.94. The molecule has 0 fully saturated rings. The van der Waals surface area contributed by atoms with Crippen LogP contribution in [0.4, 0.5) is 0 Å². The summed E-state index contributed by atoms with van der Waals surface area (Å²) in [5.41, 5.74) is 1.39. The maximum atomic E-state index is 5.45. The van der Waals surface area contributed by atoms with E-state index in [-0.39, 0.29) is 0 Å². The molecule has 74 valence electrons. The van der Waals surface area contributed by atoms with Crippen LogP contribution in [-0.4, -0.2) is 26.8 Å². The minimum Gasteiger partial charge on any atom is -0.380 e. The molecule has 1 aromatic rings. The second kappa shape index (κ2) is 6.13. The Labute approximate surface area is 83.9 Å². The zero-order chi connectivity index (χ0) is 9.52. The Balaban J connectivity index is 2.10. The molecule has 0 amide bonds. The molecule has 1 aromatic heterocycles. The summed E-state index contributed by atoms with van der Waals surface area (Å²) in [5.74, 6) is 0. The van der Waals surface area contributed by atoms with E-state index in [9.17, 15) is 0 Å². The van der Waals surface area contributed by atoms with Gasteiger partial charge in [0.25, 0.3) is 0 Å². The van der Waals surface area contributed by atoms with Crippen molar-refractivity contribution in [1.29, 1.82) is 0 Å². The van der Waals surface area contributed by atoms with Gasteiger partial charge in [-0.25, -0.2) is 0 Å². The molecule has 0 unspecified atom stereocenters. The van der Waals surface area contributed by atoms with Gasteiger partial charge in [0.15, 0.2) is 0 Å². The van der Waals surface area contributed by atoms with Crippen LogP contribution in [0.2, 0.25) is 0 Å². The molecular weight excluding hydrogens is 182 g/mol. The summed E-state index contributed by atoms with van der Waals surface area (Å²) >= 11 is 1.82. The highest BCUT2D eigenvalue weighted by atomic mass is 32.1. The van der Waals surface area contributed by atoms with E-state index >= 15 is 0 Å². The van der Waals surface area contributed by atoms with Gasteiger partial charge in [-0.1, -0.05) is 0 Å². The minimum absolute atomic E-state index is 0.806. The van der Waals surface area contributed by atoms with E-state index in [4.69, 9.17) is 4.74 Å². The third kappa shape index (κ3) is 3.89. The van der Waals surface area contributed by atoms with Crippen molar-refractivity contribution in [2.24, 2.45) is 0 Å². The Morgan fingerprint density at radius 2 is 2.31 bits per heavy atom. The van der Waals surface area contributed by atoms with Crippen LogP contribution in [0.25, 0.3) is 0 Å². The van der Waals surface area contributed by atoms with Crippen molar-refractivity contribution in [2.75, 3.05) is 26.8 Å². The number of rotatable bonds is 6. The highest BCUT2D eigenvalue weighted by Gasteiger charge is 1.98. The summed E-state index contributed by atoms with van der Waals surface area (Å²) in [6.45, 7) is 4.73. The van der Waals surface area contributed by atoms with Crippen LogP contribution < -0.4 is 5.32 Å². The predicted molar refractivity (Wildman–Crippen MR) is 57.5 cm³/mol. The first-order valence-corrected chi connectivity index (χ1v) is 5.48. The second-order valence-electron chi connectivity index (χ2n) is 2.99. The highest BCUT2D eigenvalue weighted by Crippen LogP contribution is 2.15. The van der Waals surface area contributed by atoms with Crippen LogP contribution in [0, 0.1) is 6.92 Å². The van der Waals surface area contributed by atoms with E-state index in [0.717, 1.165) is 26.2 Å². The molecule has 3 heteroatoms. The van der Waals surface area contributed by atoms with Crippen molar-refractivity contribution in [2.45, 2.75) is 13.3 Å². The fourth-order valence-corrected chi connectivity index (χ4v) is 1.99. The number of hydrogen-bond acceptors (Lipinski definition) is 3. The van der Waals surface area contributed by atoms with Crippen molar-refractivity contribution < 1.29 is 4.74 Å². The fourth-order valence-electron chi connectivity index (χ4n) is 1.10. The Morgan fingerprint density at radius 3 is 2.92 bits per heavy atom. The number of hydrogen-bond donors (Lipinski definition) is 1. The van der Waals surface area contributed by atoms with Gasteiger partial charge in [-0.3, -0.25) is 0 Å². The van der Waals surface area contributed by atoms with Crippen molar-refractivity contribution in [3.05, 3.63) is 21.9 Å². The summed E-state index contributed by atoms with van der Waals surface area (Å²) < 4.78 is 5.45. The number of ether oxygens (including phenoxy) is 1. The van der Waals surface area contributed by atoms with Crippen molar-refractivity contribution >= 4 is 11.3 Å². The zero-order valence-electron chi connectivity index (χ0n) is 8.30. The van der Waals surface area contributed by atoms with Crippen molar-refractivity contribution in [1.82, 2.24) is 5.32 Å². The SMILES string of the molecule is CNCCOCCc1sccc1C. The Morgan fingerprint density at radius 1 is 1.46 bits per heavy atom. The van der Waals surface area contributed by atoms with Crippen LogP contribution in [0.5, 0.6) is 0 Å². The first kappa shape index (κ1) is 10.7. The lowest BCUT2D eigenvalue weighted by Gasteiger charge is -2.02. The maximum absolute atomic E-state index is 5.45. The molecule has 0 bridgehead atoms. The maximum Gasteiger partial charge on any atom is 0.0590 e. The van der Waals surface area contributed by atoms with Gasteiger partial charge >= 0.3 is 0 Å². The molecule has 0 saturated carbocycles. The molecule has 0 spiro atoms. The van der Waals surface area contributed by atoms with Crippen molar-refractivity contribution in [3.63, 3.8) is 0 Å². The van der Waals surface area contributed by atoms with E-state index in [1.54, 1.807) is 0 Å². The zero-order valence-corrected chi connectivity index (χ0v) is 9.12. The molecule has 0 aliphatic carbocycles. The second-order valence-corrected chi connectivity index (χ2v) is 3.99. The van der Waals surface area contributed by atoms with Crippen LogP contribution in [0.3, 0.4) is 0 Å². The third-order valence-corrected chi connectivity index (χ3v) is 3.02. The Hall–Kier alpha value is -0.380. The van der Waals surface area contributed by atoms with Crippen LogP contribution in [-0.2, 0) is 11.2 Å². The highest BCUT2D eigenvalue weighted by molar-refractivity contribution is 7.10. The molecule has 0 aliphatic rings. The molecule has 1 heterocycles. The summed E-state index contributed by atoms with van der Waals surface area (Å²) in [5, 5.41) is 5.19. The average Bonchev–Trinajstić information content (AvgIpc) is 2.52. The lowest BCUT2D eigenvalue weighted by Crippen LogP contribution is -2.15. The van der Waals surface area contributed by atoms with E-state index in [1.165, 1.54) is 10.4 Å². The summed E-state index contributed by atoms with van der Waals surface area (Å²) in [6.07, 6.45) is 1.05. The molecule has 2 nitrogen and oxygen atoms in total. The molecule has 13 heavy (non-hydrogen) atoms. The lowest BCUT2D eigenvalue weighted by atomic mass is 10.2.